The zero-order valence-electron chi connectivity index (χ0n) is 14.4. The van der Waals surface area contributed by atoms with Crippen molar-refractivity contribution in [2.24, 2.45) is 9.98 Å². The molecule has 0 fully saturated rings. The van der Waals surface area contributed by atoms with Crippen LogP contribution in [0.3, 0.4) is 0 Å². The van der Waals surface area contributed by atoms with Crippen molar-refractivity contribution in [2.45, 2.75) is 6.92 Å². The fourth-order valence-electron chi connectivity index (χ4n) is 2.82. The van der Waals surface area contributed by atoms with E-state index in [0.29, 0.717) is 5.02 Å². The molecule has 1 heterocycles. The number of allylic oxidation sites excluding steroid dienone is 1. The summed E-state index contributed by atoms with van der Waals surface area (Å²) in [5.41, 5.74) is 6.89. The SMILES string of the molecule is Cc1ccc(/C=C2\N=Cc3ccccc3N=C2c2ccc(Cl)cc2)cc1. The van der Waals surface area contributed by atoms with E-state index in [-0.39, 0.29) is 0 Å². The Balaban J connectivity index is 1.88. The molecule has 0 atom stereocenters. The molecule has 0 amide bonds. The van der Waals surface area contributed by atoms with Crippen LogP contribution in [0.4, 0.5) is 5.69 Å². The molecule has 0 unspecified atom stereocenters. The number of para-hydroxylation sites is 1. The molecule has 26 heavy (non-hydrogen) atoms. The van der Waals surface area contributed by atoms with Crippen LogP contribution in [-0.4, -0.2) is 11.9 Å². The number of nitrogens with zero attached hydrogens (tertiary/aromatic N) is 2. The molecule has 1 aliphatic rings. The van der Waals surface area contributed by atoms with Crippen molar-refractivity contribution >= 4 is 35.3 Å². The molecule has 126 valence electrons. The molecule has 2 nitrogen and oxygen atoms in total. The van der Waals surface area contributed by atoms with E-state index in [1.54, 1.807) is 0 Å². The van der Waals surface area contributed by atoms with E-state index < -0.39 is 0 Å². The van der Waals surface area contributed by atoms with Gasteiger partial charge in [-0.05, 0) is 36.8 Å². The predicted octanol–water partition coefficient (Wildman–Crippen LogP) is 6.24. The Bertz CT molecular complexity index is 1030. The van der Waals surface area contributed by atoms with Gasteiger partial charge in [-0.15, -0.1) is 0 Å². The quantitative estimate of drug-likeness (QED) is 0.519. The highest BCUT2D eigenvalue weighted by Gasteiger charge is 2.14. The van der Waals surface area contributed by atoms with Crippen molar-refractivity contribution in [3.63, 3.8) is 0 Å². The maximum Gasteiger partial charge on any atom is 0.0966 e. The number of rotatable bonds is 2. The average molecular weight is 357 g/mol. The molecule has 4 rings (SSSR count). The lowest BCUT2D eigenvalue weighted by Crippen LogP contribution is -2.03. The molecular formula is C23H17ClN2. The van der Waals surface area contributed by atoms with E-state index in [0.717, 1.165) is 33.8 Å². The fraction of sp³-hybridized carbons (Fsp3) is 0.0435. The van der Waals surface area contributed by atoms with Gasteiger partial charge in [-0.25, -0.2) is 4.99 Å². The van der Waals surface area contributed by atoms with E-state index in [1.165, 1.54) is 5.56 Å². The van der Waals surface area contributed by atoms with Gasteiger partial charge in [-0.1, -0.05) is 71.8 Å². The summed E-state index contributed by atoms with van der Waals surface area (Å²) < 4.78 is 0. The topological polar surface area (TPSA) is 24.7 Å². The molecule has 1 aliphatic heterocycles. The van der Waals surface area contributed by atoms with E-state index >= 15 is 0 Å². The van der Waals surface area contributed by atoms with Crippen molar-refractivity contribution in [3.8, 4) is 0 Å². The third kappa shape index (κ3) is 3.51. The summed E-state index contributed by atoms with van der Waals surface area (Å²) in [6.45, 7) is 2.08. The van der Waals surface area contributed by atoms with Crippen molar-refractivity contribution < 1.29 is 0 Å². The Morgan fingerprint density at radius 2 is 1.58 bits per heavy atom. The van der Waals surface area contributed by atoms with Gasteiger partial charge in [-0.2, -0.15) is 0 Å². The zero-order chi connectivity index (χ0) is 17.9. The summed E-state index contributed by atoms with van der Waals surface area (Å²) in [7, 11) is 0. The second-order valence-electron chi connectivity index (χ2n) is 6.22. The third-order valence-electron chi connectivity index (χ3n) is 4.25. The van der Waals surface area contributed by atoms with Crippen molar-refractivity contribution in [2.75, 3.05) is 0 Å². The van der Waals surface area contributed by atoms with Gasteiger partial charge >= 0.3 is 0 Å². The van der Waals surface area contributed by atoms with Gasteiger partial charge in [0, 0.05) is 22.4 Å². The fourth-order valence-corrected chi connectivity index (χ4v) is 2.95. The van der Waals surface area contributed by atoms with E-state index in [9.17, 15) is 0 Å². The molecule has 0 aliphatic carbocycles. The van der Waals surface area contributed by atoms with Crippen LogP contribution < -0.4 is 0 Å². The second-order valence-corrected chi connectivity index (χ2v) is 6.66. The highest BCUT2D eigenvalue weighted by atomic mass is 35.5. The van der Waals surface area contributed by atoms with E-state index in [4.69, 9.17) is 21.6 Å². The molecule has 0 bridgehead atoms. The number of hydrogen-bond donors (Lipinski definition) is 0. The Kier molecular flexibility index (Phi) is 4.51. The van der Waals surface area contributed by atoms with Crippen molar-refractivity contribution in [1.82, 2.24) is 0 Å². The van der Waals surface area contributed by atoms with Gasteiger partial charge in [0.15, 0.2) is 0 Å². The van der Waals surface area contributed by atoms with Crippen LogP contribution in [0.25, 0.3) is 6.08 Å². The normalized spacial score (nSPS) is 14.7. The number of hydrogen-bond acceptors (Lipinski definition) is 2. The molecule has 0 saturated carbocycles. The smallest absolute Gasteiger partial charge is 0.0966 e. The number of aliphatic imine (C=N–C) groups is 2. The number of halogens is 1. The first-order chi connectivity index (χ1) is 12.7. The van der Waals surface area contributed by atoms with Gasteiger partial charge in [-0.3, -0.25) is 4.99 Å². The molecule has 0 saturated heterocycles. The zero-order valence-corrected chi connectivity index (χ0v) is 15.1. The van der Waals surface area contributed by atoms with Gasteiger partial charge in [0.05, 0.1) is 17.1 Å². The van der Waals surface area contributed by atoms with Gasteiger partial charge in [0.2, 0.25) is 0 Å². The Morgan fingerprint density at radius 3 is 2.35 bits per heavy atom. The van der Waals surface area contributed by atoms with Crippen LogP contribution >= 0.6 is 11.6 Å². The molecule has 3 aromatic rings. The van der Waals surface area contributed by atoms with E-state index in [1.807, 2.05) is 54.7 Å². The second kappa shape index (κ2) is 7.11. The summed E-state index contributed by atoms with van der Waals surface area (Å²) in [6, 6.07) is 24.1. The van der Waals surface area contributed by atoms with Crippen LogP contribution in [-0.2, 0) is 0 Å². The standard InChI is InChI=1S/C23H17ClN2/c1-16-6-8-17(9-7-16)14-22-23(18-10-12-20(24)13-11-18)26-21-5-3-2-4-19(21)15-25-22/h2-15H,1H3/b22-14-. The number of aryl methyl sites for hydroxylation is 1. The summed E-state index contributed by atoms with van der Waals surface area (Å²) in [6.07, 6.45) is 3.94. The largest absolute Gasteiger partial charge is 0.254 e. The first-order valence-corrected chi connectivity index (χ1v) is 8.83. The van der Waals surface area contributed by atoms with E-state index in [2.05, 4.69) is 37.3 Å². The van der Waals surface area contributed by atoms with Gasteiger partial charge in [0.1, 0.15) is 0 Å². The minimum atomic E-state index is 0.705. The molecular weight excluding hydrogens is 340 g/mol. The Labute approximate surface area is 158 Å². The summed E-state index contributed by atoms with van der Waals surface area (Å²) >= 11 is 6.06. The summed E-state index contributed by atoms with van der Waals surface area (Å²) in [4.78, 5) is 9.65. The average Bonchev–Trinajstić information content (AvgIpc) is 2.84. The monoisotopic (exact) mass is 356 g/mol. The summed E-state index contributed by atoms with van der Waals surface area (Å²) in [5, 5.41) is 0.705. The maximum absolute atomic E-state index is 6.06. The minimum absolute atomic E-state index is 0.705. The molecule has 0 N–H and O–H groups in total. The molecule has 0 spiro atoms. The maximum atomic E-state index is 6.06. The first-order valence-electron chi connectivity index (χ1n) is 8.45. The van der Waals surface area contributed by atoms with Crippen LogP contribution in [0.5, 0.6) is 0 Å². The third-order valence-corrected chi connectivity index (χ3v) is 4.50. The lowest BCUT2D eigenvalue weighted by Gasteiger charge is -2.07. The van der Waals surface area contributed by atoms with Gasteiger partial charge in [0.25, 0.3) is 0 Å². The predicted molar refractivity (Wildman–Crippen MR) is 111 cm³/mol. The molecule has 3 heteroatoms. The minimum Gasteiger partial charge on any atom is -0.254 e. The van der Waals surface area contributed by atoms with Gasteiger partial charge < -0.3 is 0 Å². The van der Waals surface area contributed by atoms with Crippen molar-refractivity contribution in [3.05, 3.63) is 106 Å². The molecule has 0 aromatic heterocycles. The number of fused-ring (bicyclic) bond motifs is 1. The lowest BCUT2D eigenvalue weighted by molar-refractivity contribution is 1.43. The van der Waals surface area contributed by atoms with Crippen LogP contribution in [0.15, 0.2) is 88.5 Å². The Hall–Kier alpha value is -2.97. The summed E-state index contributed by atoms with van der Waals surface area (Å²) in [5.74, 6) is 0. The van der Waals surface area contributed by atoms with Crippen molar-refractivity contribution in [1.29, 1.82) is 0 Å². The highest BCUT2D eigenvalue weighted by Crippen LogP contribution is 2.26. The van der Waals surface area contributed by atoms with Crippen LogP contribution in [0, 0.1) is 6.92 Å². The number of benzene rings is 3. The molecule has 3 aromatic carbocycles. The first kappa shape index (κ1) is 16.5. The Morgan fingerprint density at radius 1 is 0.846 bits per heavy atom. The highest BCUT2D eigenvalue weighted by molar-refractivity contribution is 6.30. The van der Waals surface area contributed by atoms with Crippen LogP contribution in [0.2, 0.25) is 5.02 Å². The van der Waals surface area contributed by atoms with Crippen LogP contribution in [0.1, 0.15) is 22.3 Å². The molecule has 0 radical (unpaired) electrons. The lowest BCUT2D eigenvalue weighted by atomic mass is 10.0.